The Labute approximate surface area is 98.2 Å². The Balaban J connectivity index is 2.06. The molecule has 1 aliphatic heterocycles. The molecule has 2 aromatic rings. The van der Waals surface area contributed by atoms with Crippen LogP contribution in [0.25, 0.3) is 11.3 Å². The van der Waals surface area contributed by atoms with E-state index >= 15 is 0 Å². The van der Waals surface area contributed by atoms with Crippen LogP contribution in [0, 0.1) is 6.92 Å². The van der Waals surface area contributed by atoms with E-state index in [-0.39, 0.29) is 6.01 Å². The molecule has 2 heterocycles. The minimum absolute atomic E-state index is 0.174. The highest BCUT2D eigenvalue weighted by Crippen LogP contribution is 2.35. The van der Waals surface area contributed by atoms with Crippen molar-refractivity contribution >= 4 is 6.01 Å². The lowest BCUT2D eigenvalue weighted by atomic mass is 10.1. The number of ether oxygens (including phenoxy) is 2. The predicted octanol–water partition coefficient (Wildman–Crippen LogP) is 2.00. The van der Waals surface area contributed by atoms with Crippen LogP contribution in [0.4, 0.5) is 6.01 Å². The number of benzene rings is 1. The number of nitrogens with two attached hydrogens (primary N) is 1. The number of nitrogen functional groups attached to an aromatic ring is 1. The van der Waals surface area contributed by atoms with Crippen LogP contribution >= 0.6 is 0 Å². The molecule has 3 rings (SSSR count). The zero-order valence-electron chi connectivity index (χ0n) is 9.40. The molecule has 0 saturated carbocycles. The van der Waals surface area contributed by atoms with Gasteiger partial charge < -0.3 is 19.6 Å². The molecule has 0 atom stereocenters. The third-order valence-corrected chi connectivity index (χ3v) is 2.62. The van der Waals surface area contributed by atoms with Crippen LogP contribution in [0.3, 0.4) is 0 Å². The van der Waals surface area contributed by atoms with Gasteiger partial charge in [0.1, 0.15) is 13.2 Å². The normalized spacial score (nSPS) is 13.7. The summed E-state index contributed by atoms with van der Waals surface area (Å²) in [7, 11) is 0. The predicted molar refractivity (Wildman–Crippen MR) is 62.1 cm³/mol. The average molecular weight is 232 g/mol. The maximum absolute atomic E-state index is 5.52. The van der Waals surface area contributed by atoms with Crippen molar-refractivity contribution in [2.75, 3.05) is 18.9 Å². The number of hydrogen-bond acceptors (Lipinski definition) is 5. The zero-order chi connectivity index (χ0) is 11.8. The molecule has 1 aromatic heterocycles. The second kappa shape index (κ2) is 3.69. The van der Waals surface area contributed by atoms with Crippen molar-refractivity contribution in [3.63, 3.8) is 0 Å². The van der Waals surface area contributed by atoms with Crippen molar-refractivity contribution in [3.8, 4) is 22.8 Å². The van der Waals surface area contributed by atoms with E-state index < -0.39 is 0 Å². The van der Waals surface area contributed by atoms with E-state index in [1.807, 2.05) is 25.1 Å². The number of oxazole rings is 1. The molecular weight excluding hydrogens is 220 g/mol. The number of fused-ring (bicyclic) bond motifs is 1. The monoisotopic (exact) mass is 232 g/mol. The maximum atomic E-state index is 5.52. The summed E-state index contributed by atoms with van der Waals surface area (Å²) in [6, 6.07) is 5.82. The van der Waals surface area contributed by atoms with E-state index in [1.165, 1.54) is 0 Å². The first-order chi connectivity index (χ1) is 8.24. The number of aromatic nitrogens is 1. The van der Waals surface area contributed by atoms with E-state index in [0.29, 0.717) is 19.0 Å². The molecule has 0 radical (unpaired) electrons. The van der Waals surface area contributed by atoms with Crippen LogP contribution in [0.5, 0.6) is 11.5 Å². The fourth-order valence-corrected chi connectivity index (χ4v) is 1.87. The van der Waals surface area contributed by atoms with Crippen LogP contribution in [-0.2, 0) is 0 Å². The summed E-state index contributed by atoms with van der Waals surface area (Å²) >= 11 is 0. The van der Waals surface area contributed by atoms with E-state index in [2.05, 4.69) is 4.98 Å². The Morgan fingerprint density at radius 1 is 1.18 bits per heavy atom. The summed E-state index contributed by atoms with van der Waals surface area (Å²) in [5.74, 6) is 2.15. The largest absolute Gasteiger partial charge is 0.486 e. The maximum Gasteiger partial charge on any atom is 0.292 e. The van der Waals surface area contributed by atoms with Crippen molar-refractivity contribution in [2.24, 2.45) is 0 Å². The van der Waals surface area contributed by atoms with Crippen LogP contribution in [0.2, 0.25) is 0 Å². The number of rotatable bonds is 1. The molecule has 1 aromatic carbocycles. The number of nitrogens with zero attached hydrogens (tertiary/aromatic N) is 1. The van der Waals surface area contributed by atoms with Gasteiger partial charge in [-0.05, 0) is 25.1 Å². The minimum atomic E-state index is 0.174. The first-order valence-electron chi connectivity index (χ1n) is 5.37. The fraction of sp³-hybridized carbons (Fsp3) is 0.250. The van der Waals surface area contributed by atoms with Crippen molar-refractivity contribution in [1.82, 2.24) is 4.98 Å². The van der Waals surface area contributed by atoms with Crippen LogP contribution in [0.15, 0.2) is 22.6 Å². The van der Waals surface area contributed by atoms with Gasteiger partial charge in [0.25, 0.3) is 6.01 Å². The van der Waals surface area contributed by atoms with Gasteiger partial charge in [0.15, 0.2) is 17.3 Å². The standard InChI is InChI=1S/C12H12N2O3/c1-7-11(17-12(13)14-7)8-2-3-9-10(6-8)16-5-4-15-9/h2-3,6H,4-5H2,1H3,(H2,13,14). The Hall–Kier alpha value is -2.17. The summed E-state index contributed by atoms with van der Waals surface area (Å²) in [6.45, 7) is 3.00. The van der Waals surface area contributed by atoms with Crippen LogP contribution < -0.4 is 15.2 Å². The van der Waals surface area contributed by atoms with Gasteiger partial charge in [0, 0.05) is 5.56 Å². The highest BCUT2D eigenvalue weighted by atomic mass is 16.6. The topological polar surface area (TPSA) is 70.5 Å². The molecule has 5 nitrogen and oxygen atoms in total. The first kappa shape index (κ1) is 10.0. The molecular formula is C12H12N2O3. The van der Waals surface area contributed by atoms with Gasteiger partial charge in [-0.3, -0.25) is 0 Å². The van der Waals surface area contributed by atoms with Gasteiger partial charge in [-0.1, -0.05) is 0 Å². The van der Waals surface area contributed by atoms with E-state index in [9.17, 15) is 0 Å². The molecule has 0 fully saturated rings. The molecule has 5 heteroatoms. The molecule has 0 amide bonds. The lowest BCUT2D eigenvalue weighted by Gasteiger charge is -2.18. The summed E-state index contributed by atoms with van der Waals surface area (Å²) in [6.07, 6.45) is 0. The molecule has 0 saturated heterocycles. The highest BCUT2D eigenvalue weighted by molar-refractivity contribution is 5.65. The van der Waals surface area contributed by atoms with Crippen molar-refractivity contribution in [2.45, 2.75) is 6.92 Å². The third kappa shape index (κ3) is 1.69. The van der Waals surface area contributed by atoms with E-state index in [4.69, 9.17) is 19.6 Å². The minimum Gasteiger partial charge on any atom is -0.486 e. The van der Waals surface area contributed by atoms with Gasteiger partial charge in [-0.15, -0.1) is 0 Å². The van der Waals surface area contributed by atoms with Gasteiger partial charge in [0.05, 0.1) is 5.69 Å². The van der Waals surface area contributed by atoms with Gasteiger partial charge in [0.2, 0.25) is 0 Å². The van der Waals surface area contributed by atoms with Gasteiger partial charge >= 0.3 is 0 Å². The third-order valence-electron chi connectivity index (χ3n) is 2.62. The SMILES string of the molecule is Cc1nc(N)oc1-c1ccc2c(c1)OCCO2. The fourth-order valence-electron chi connectivity index (χ4n) is 1.87. The summed E-state index contributed by atoms with van der Waals surface area (Å²) < 4.78 is 16.3. The molecule has 0 spiro atoms. The highest BCUT2D eigenvalue weighted by Gasteiger charge is 2.15. The van der Waals surface area contributed by atoms with Crippen molar-refractivity contribution in [3.05, 3.63) is 23.9 Å². The quantitative estimate of drug-likeness (QED) is 0.814. The smallest absolute Gasteiger partial charge is 0.292 e. The van der Waals surface area contributed by atoms with Crippen molar-refractivity contribution in [1.29, 1.82) is 0 Å². The molecule has 0 bridgehead atoms. The van der Waals surface area contributed by atoms with E-state index in [0.717, 1.165) is 22.8 Å². The Morgan fingerprint density at radius 2 is 1.94 bits per heavy atom. The van der Waals surface area contributed by atoms with Crippen LogP contribution in [-0.4, -0.2) is 18.2 Å². The summed E-state index contributed by atoms with van der Waals surface area (Å²) in [4.78, 5) is 4.04. The van der Waals surface area contributed by atoms with E-state index in [1.54, 1.807) is 0 Å². The molecule has 2 N–H and O–H groups in total. The van der Waals surface area contributed by atoms with Gasteiger partial charge in [-0.2, -0.15) is 4.98 Å². The molecule has 0 unspecified atom stereocenters. The molecule has 1 aliphatic rings. The lowest BCUT2D eigenvalue weighted by Crippen LogP contribution is -2.15. The number of hydrogen-bond donors (Lipinski definition) is 1. The van der Waals surface area contributed by atoms with Gasteiger partial charge in [-0.25, -0.2) is 0 Å². The van der Waals surface area contributed by atoms with Crippen LogP contribution in [0.1, 0.15) is 5.69 Å². The zero-order valence-corrected chi connectivity index (χ0v) is 9.40. The Morgan fingerprint density at radius 3 is 2.65 bits per heavy atom. The second-order valence-corrected chi connectivity index (χ2v) is 3.83. The summed E-state index contributed by atoms with van der Waals surface area (Å²) in [5, 5.41) is 0. The Bertz CT molecular complexity index is 563. The van der Waals surface area contributed by atoms with Crippen molar-refractivity contribution < 1.29 is 13.9 Å². The Kier molecular flexibility index (Phi) is 2.18. The molecule has 88 valence electrons. The molecule has 17 heavy (non-hydrogen) atoms. The number of aryl methyl sites for hydroxylation is 1. The summed E-state index contributed by atoms with van der Waals surface area (Å²) in [5.41, 5.74) is 7.17. The number of anilines is 1. The average Bonchev–Trinajstić information content (AvgIpc) is 2.68. The first-order valence-corrected chi connectivity index (χ1v) is 5.37. The molecule has 0 aliphatic carbocycles. The lowest BCUT2D eigenvalue weighted by molar-refractivity contribution is 0.171. The second-order valence-electron chi connectivity index (χ2n) is 3.83.